The lowest BCUT2D eigenvalue weighted by Crippen LogP contribution is -2.47. The predicted molar refractivity (Wildman–Crippen MR) is 108 cm³/mol. The molecule has 0 spiro atoms. The lowest BCUT2D eigenvalue weighted by molar-refractivity contribution is 0.235. The average Bonchev–Trinajstić information content (AvgIpc) is 2.83. The molecule has 1 aliphatic heterocycles. The third kappa shape index (κ3) is 5.70. The smallest absolute Gasteiger partial charge is 0.319 e. The van der Waals surface area contributed by atoms with Gasteiger partial charge in [0.25, 0.3) is 0 Å². The number of nitrogens with zero attached hydrogens (tertiary/aromatic N) is 2. The summed E-state index contributed by atoms with van der Waals surface area (Å²) in [5.41, 5.74) is 1.96. The first-order valence-corrected chi connectivity index (χ1v) is 9.29. The van der Waals surface area contributed by atoms with Crippen molar-refractivity contribution in [3.8, 4) is 5.75 Å². The van der Waals surface area contributed by atoms with E-state index in [4.69, 9.17) is 4.74 Å². The highest BCUT2D eigenvalue weighted by atomic mass is 16.5. The molecule has 1 saturated heterocycles. The van der Waals surface area contributed by atoms with E-state index in [0.29, 0.717) is 11.4 Å². The van der Waals surface area contributed by atoms with Gasteiger partial charge in [0.1, 0.15) is 5.75 Å². The molecule has 1 aliphatic rings. The van der Waals surface area contributed by atoms with Crippen LogP contribution in [0.15, 0.2) is 54.6 Å². The van der Waals surface area contributed by atoms with Crippen LogP contribution in [0.4, 0.5) is 10.5 Å². The van der Waals surface area contributed by atoms with Crippen LogP contribution in [0.1, 0.15) is 5.56 Å². The van der Waals surface area contributed by atoms with Crippen molar-refractivity contribution < 1.29 is 9.53 Å². The first kappa shape index (κ1) is 19.2. The lowest BCUT2D eigenvalue weighted by Gasteiger charge is -2.25. The minimum atomic E-state index is -0.209. The molecule has 1 unspecified atom stereocenters. The number of ether oxygens (including phenoxy) is 1. The van der Waals surface area contributed by atoms with Gasteiger partial charge in [-0.1, -0.05) is 42.5 Å². The van der Waals surface area contributed by atoms with Crippen LogP contribution in [0, 0.1) is 0 Å². The topological polar surface area (TPSA) is 56.8 Å². The highest BCUT2D eigenvalue weighted by Crippen LogP contribution is 2.22. The summed E-state index contributed by atoms with van der Waals surface area (Å²) in [6, 6.07) is 17.7. The third-order valence-electron chi connectivity index (χ3n) is 4.75. The average molecular weight is 368 g/mol. The summed E-state index contributed by atoms with van der Waals surface area (Å²) in [5, 5.41) is 6.01. The molecule has 2 aromatic rings. The van der Waals surface area contributed by atoms with Gasteiger partial charge in [-0.3, -0.25) is 4.90 Å². The van der Waals surface area contributed by atoms with E-state index in [1.165, 1.54) is 5.56 Å². The number of hydrogen-bond acceptors (Lipinski definition) is 4. The molecule has 0 aliphatic carbocycles. The summed E-state index contributed by atoms with van der Waals surface area (Å²) in [6.07, 6.45) is 0. The zero-order valence-corrected chi connectivity index (χ0v) is 16.0. The Bertz CT molecular complexity index is 738. The van der Waals surface area contributed by atoms with E-state index in [2.05, 4.69) is 51.7 Å². The molecule has 1 atom stereocenters. The van der Waals surface area contributed by atoms with Crippen LogP contribution < -0.4 is 15.4 Å². The number of likely N-dealkylation sites (N-methyl/N-ethyl adjacent to an activating group) is 1. The second-order valence-corrected chi connectivity index (χ2v) is 6.98. The maximum Gasteiger partial charge on any atom is 0.319 e. The molecule has 2 aromatic carbocycles. The second-order valence-electron chi connectivity index (χ2n) is 6.98. The molecule has 144 valence electrons. The Hall–Kier alpha value is -2.57. The van der Waals surface area contributed by atoms with Crippen molar-refractivity contribution in [2.75, 3.05) is 45.7 Å². The van der Waals surface area contributed by atoms with Crippen LogP contribution in [0.3, 0.4) is 0 Å². The molecular formula is C21H28N4O2. The van der Waals surface area contributed by atoms with Gasteiger partial charge in [0, 0.05) is 32.7 Å². The van der Waals surface area contributed by atoms with E-state index in [1.54, 1.807) is 7.11 Å². The number of methoxy groups -OCH3 is 1. The van der Waals surface area contributed by atoms with Gasteiger partial charge in [-0.25, -0.2) is 4.79 Å². The van der Waals surface area contributed by atoms with Crippen molar-refractivity contribution in [1.82, 2.24) is 15.1 Å². The van der Waals surface area contributed by atoms with Gasteiger partial charge in [-0.15, -0.1) is 0 Å². The first-order chi connectivity index (χ1) is 13.1. The Morgan fingerprint density at radius 1 is 1.07 bits per heavy atom. The molecule has 3 rings (SSSR count). The summed E-state index contributed by atoms with van der Waals surface area (Å²) in [7, 11) is 3.69. The number of carbonyl (C=O) groups excluding carboxylic acids is 1. The number of anilines is 1. The zero-order chi connectivity index (χ0) is 19.1. The van der Waals surface area contributed by atoms with Crippen LogP contribution in [-0.2, 0) is 6.54 Å². The molecule has 0 aromatic heterocycles. The Labute approximate surface area is 161 Å². The minimum Gasteiger partial charge on any atom is -0.495 e. The van der Waals surface area contributed by atoms with Crippen LogP contribution in [0.5, 0.6) is 5.75 Å². The van der Waals surface area contributed by atoms with E-state index >= 15 is 0 Å². The summed E-state index contributed by atoms with van der Waals surface area (Å²) in [6.45, 7) is 4.50. The Kier molecular flexibility index (Phi) is 6.68. The van der Waals surface area contributed by atoms with Gasteiger partial charge in [0.05, 0.1) is 18.8 Å². The largest absolute Gasteiger partial charge is 0.495 e. The predicted octanol–water partition coefficient (Wildman–Crippen LogP) is 2.63. The molecule has 27 heavy (non-hydrogen) atoms. The van der Waals surface area contributed by atoms with Gasteiger partial charge in [0.15, 0.2) is 0 Å². The number of benzene rings is 2. The fourth-order valence-corrected chi connectivity index (χ4v) is 3.41. The number of urea groups is 1. The van der Waals surface area contributed by atoms with E-state index in [-0.39, 0.29) is 12.1 Å². The quantitative estimate of drug-likeness (QED) is 0.852. The van der Waals surface area contributed by atoms with Crippen LogP contribution >= 0.6 is 0 Å². The van der Waals surface area contributed by atoms with Crippen LogP contribution in [0.25, 0.3) is 0 Å². The molecule has 0 radical (unpaired) electrons. The SMILES string of the molecule is COc1ccccc1NC(=O)NC1CN(C)CCN(Cc2ccccc2)C1. The Balaban J connectivity index is 1.60. The van der Waals surface area contributed by atoms with Gasteiger partial charge in [0.2, 0.25) is 0 Å². The standard InChI is InChI=1S/C21H28N4O2/c1-24-12-13-25(14-17-8-4-3-5-9-17)16-18(15-24)22-21(26)23-19-10-6-7-11-20(19)27-2/h3-11,18H,12-16H2,1-2H3,(H2,22,23,26). The molecule has 2 N–H and O–H groups in total. The van der Waals surface area contributed by atoms with Crippen molar-refractivity contribution in [3.05, 3.63) is 60.2 Å². The van der Waals surface area contributed by atoms with Gasteiger partial charge >= 0.3 is 6.03 Å². The fourth-order valence-electron chi connectivity index (χ4n) is 3.41. The Morgan fingerprint density at radius 2 is 1.81 bits per heavy atom. The van der Waals surface area contributed by atoms with E-state index in [9.17, 15) is 4.79 Å². The highest BCUT2D eigenvalue weighted by molar-refractivity contribution is 5.91. The van der Waals surface area contributed by atoms with E-state index < -0.39 is 0 Å². The number of hydrogen-bond donors (Lipinski definition) is 2. The Morgan fingerprint density at radius 3 is 2.59 bits per heavy atom. The summed E-state index contributed by atoms with van der Waals surface area (Å²) >= 11 is 0. The molecule has 1 fully saturated rings. The first-order valence-electron chi connectivity index (χ1n) is 9.29. The maximum atomic E-state index is 12.5. The van der Waals surface area contributed by atoms with Crippen LogP contribution in [-0.4, -0.2) is 62.2 Å². The van der Waals surface area contributed by atoms with Gasteiger partial charge in [-0.05, 0) is 24.7 Å². The molecular weight excluding hydrogens is 340 g/mol. The van der Waals surface area contributed by atoms with E-state index in [0.717, 1.165) is 32.7 Å². The minimum absolute atomic E-state index is 0.0518. The number of carbonyl (C=O) groups is 1. The summed E-state index contributed by atoms with van der Waals surface area (Å²) < 4.78 is 5.30. The highest BCUT2D eigenvalue weighted by Gasteiger charge is 2.22. The normalized spacial score (nSPS) is 18.5. The second kappa shape index (κ2) is 9.39. The number of amides is 2. The number of para-hydroxylation sites is 2. The van der Waals surface area contributed by atoms with Crippen molar-refractivity contribution in [2.24, 2.45) is 0 Å². The van der Waals surface area contributed by atoms with Crippen molar-refractivity contribution in [2.45, 2.75) is 12.6 Å². The maximum absolute atomic E-state index is 12.5. The van der Waals surface area contributed by atoms with Gasteiger partial charge in [-0.2, -0.15) is 0 Å². The zero-order valence-electron chi connectivity index (χ0n) is 16.0. The summed E-state index contributed by atoms with van der Waals surface area (Å²) in [5.74, 6) is 0.649. The molecule has 1 heterocycles. The summed E-state index contributed by atoms with van der Waals surface area (Å²) in [4.78, 5) is 17.2. The lowest BCUT2D eigenvalue weighted by atomic mass is 10.2. The third-order valence-corrected chi connectivity index (χ3v) is 4.75. The van der Waals surface area contributed by atoms with Crippen molar-refractivity contribution in [1.29, 1.82) is 0 Å². The van der Waals surface area contributed by atoms with Gasteiger partial charge < -0.3 is 20.3 Å². The number of rotatable bonds is 5. The molecule has 2 amide bonds. The van der Waals surface area contributed by atoms with E-state index in [1.807, 2.05) is 30.3 Å². The molecule has 6 heteroatoms. The van der Waals surface area contributed by atoms with Crippen LogP contribution in [0.2, 0.25) is 0 Å². The monoisotopic (exact) mass is 368 g/mol. The number of nitrogens with one attached hydrogen (secondary N) is 2. The molecule has 0 bridgehead atoms. The molecule has 0 saturated carbocycles. The molecule has 6 nitrogen and oxygen atoms in total. The van der Waals surface area contributed by atoms with Crippen molar-refractivity contribution >= 4 is 11.7 Å². The van der Waals surface area contributed by atoms with Crippen molar-refractivity contribution in [3.63, 3.8) is 0 Å². The fraction of sp³-hybridized carbons (Fsp3) is 0.381.